The van der Waals surface area contributed by atoms with Gasteiger partial charge in [-0.3, -0.25) is 15.0 Å². The number of aromatic nitrogens is 1. The van der Waals surface area contributed by atoms with E-state index >= 15 is 0 Å². The quantitative estimate of drug-likeness (QED) is 0.499. The molecule has 8 heteroatoms. The first-order valence-corrected chi connectivity index (χ1v) is 8.31. The predicted molar refractivity (Wildman–Crippen MR) is 99.8 cm³/mol. The van der Waals surface area contributed by atoms with Crippen molar-refractivity contribution in [1.82, 2.24) is 15.6 Å². The molecule has 0 spiro atoms. The van der Waals surface area contributed by atoms with Crippen LogP contribution in [0.1, 0.15) is 55.6 Å². The maximum atomic E-state index is 12.4. The minimum atomic E-state index is -0.495. The van der Waals surface area contributed by atoms with Crippen molar-refractivity contribution < 1.29 is 19.7 Å². The van der Waals surface area contributed by atoms with Crippen LogP contribution < -0.4 is 26.5 Å². The average Bonchev–Trinajstić information content (AvgIpc) is 2.53. The van der Waals surface area contributed by atoms with Gasteiger partial charge in [0.05, 0.1) is 6.54 Å². The van der Waals surface area contributed by atoms with E-state index in [1.54, 1.807) is 0 Å². The molecule has 1 aromatic heterocycles. The highest BCUT2D eigenvalue weighted by atomic mass is 16.5. The van der Waals surface area contributed by atoms with Gasteiger partial charge in [-0.1, -0.05) is 0 Å². The average molecular weight is 362 g/mol. The van der Waals surface area contributed by atoms with Crippen molar-refractivity contribution in [1.29, 1.82) is 0 Å². The molecule has 0 atom stereocenters. The Hall–Kier alpha value is -2.90. The molecule has 0 saturated heterocycles. The van der Waals surface area contributed by atoms with Crippen LogP contribution in [-0.4, -0.2) is 41.2 Å². The summed E-state index contributed by atoms with van der Waals surface area (Å²) in [6, 6.07) is 2.94. The van der Waals surface area contributed by atoms with E-state index in [1.165, 1.54) is 24.5 Å². The summed E-state index contributed by atoms with van der Waals surface area (Å²) in [6.07, 6.45) is 2.60. The fourth-order valence-electron chi connectivity index (χ4n) is 1.93. The van der Waals surface area contributed by atoms with Gasteiger partial charge in [-0.15, -0.1) is 0 Å². The van der Waals surface area contributed by atoms with Gasteiger partial charge in [0.15, 0.2) is 6.21 Å². The molecule has 8 nitrogen and oxygen atoms in total. The van der Waals surface area contributed by atoms with Gasteiger partial charge in [-0.25, -0.2) is 4.98 Å². The van der Waals surface area contributed by atoms with Crippen LogP contribution in [0.5, 0.6) is 5.75 Å². The second kappa shape index (κ2) is 8.98. The summed E-state index contributed by atoms with van der Waals surface area (Å²) >= 11 is 0. The van der Waals surface area contributed by atoms with Gasteiger partial charge in [0.25, 0.3) is 11.8 Å². The van der Waals surface area contributed by atoms with Crippen LogP contribution in [0.4, 0.5) is 0 Å². The van der Waals surface area contributed by atoms with Crippen LogP contribution in [0.3, 0.4) is 0 Å². The molecule has 1 aromatic rings. The van der Waals surface area contributed by atoms with Crippen molar-refractivity contribution in [3.05, 3.63) is 35.3 Å². The Kier molecular flexibility index (Phi) is 7.30. The Bertz CT molecular complexity index is 705. The number of nitrogens with zero attached hydrogens (tertiary/aromatic N) is 1. The van der Waals surface area contributed by atoms with E-state index in [9.17, 15) is 9.59 Å². The lowest BCUT2D eigenvalue weighted by atomic mass is 10.2. The van der Waals surface area contributed by atoms with Crippen molar-refractivity contribution >= 4 is 18.0 Å². The van der Waals surface area contributed by atoms with E-state index < -0.39 is 11.5 Å². The van der Waals surface area contributed by atoms with Gasteiger partial charge < -0.3 is 21.1 Å². The lowest BCUT2D eigenvalue weighted by Crippen LogP contribution is -2.35. The van der Waals surface area contributed by atoms with E-state index in [0.717, 1.165) is 0 Å². The summed E-state index contributed by atoms with van der Waals surface area (Å²) in [7, 11) is 0. The number of pyridine rings is 1. The predicted octanol–water partition coefficient (Wildman–Crippen LogP) is -0.201. The minimum absolute atomic E-state index is 0.0638. The molecule has 0 aromatic carbocycles. The number of carbonyl (C=O) groups excluding carboxylic acids is 2. The summed E-state index contributed by atoms with van der Waals surface area (Å²) in [4.78, 5) is 28.9. The Morgan fingerprint density at radius 3 is 2.31 bits per heavy atom. The van der Waals surface area contributed by atoms with Crippen molar-refractivity contribution in [2.45, 2.75) is 46.3 Å². The highest BCUT2D eigenvalue weighted by molar-refractivity contribution is 5.97. The smallest absolute Gasteiger partial charge is 0.270 e. The monoisotopic (exact) mass is 362 g/mol. The fourth-order valence-corrected chi connectivity index (χ4v) is 1.93. The van der Waals surface area contributed by atoms with Crippen LogP contribution in [0.15, 0.2) is 23.9 Å². The normalized spacial score (nSPS) is 11.8. The first-order valence-electron chi connectivity index (χ1n) is 8.31. The zero-order chi connectivity index (χ0) is 19.9. The number of amides is 2. The lowest BCUT2D eigenvalue weighted by molar-refractivity contribution is -0.104. The van der Waals surface area contributed by atoms with Gasteiger partial charge in [0.1, 0.15) is 22.7 Å². The van der Waals surface area contributed by atoms with E-state index in [0.29, 0.717) is 11.3 Å². The molecule has 6 N–H and O–H groups in total. The molecule has 0 aliphatic carbocycles. The Morgan fingerprint density at radius 2 is 1.85 bits per heavy atom. The van der Waals surface area contributed by atoms with Gasteiger partial charge in [0, 0.05) is 29.9 Å². The Morgan fingerprint density at radius 1 is 1.27 bits per heavy atom. The third kappa shape index (κ3) is 6.92. The number of nitrogens with one attached hydrogen (secondary N) is 2. The maximum absolute atomic E-state index is 12.4. The van der Waals surface area contributed by atoms with E-state index in [-0.39, 0.29) is 29.9 Å². The second-order valence-electron chi connectivity index (χ2n) is 7.01. The molecule has 1 rings (SSSR count). The fraction of sp³-hybridized carbons (Fsp3) is 0.444. The Balaban J connectivity index is 3.15. The van der Waals surface area contributed by atoms with Crippen molar-refractivity contribution in [3.63, 3.8) is 0 Å². The minimum Gasteiger partial charge on any atom is -0.488 e. The summed E-state index contributed by atoms with van der Waals surface area (Å²) in [5.74, 6) is -0.470. The highest BCUT2D eigenvalue weighted by Crippen LogP contribution is 2.20. The molecular weight excluding hydrogens is 334 g/mol. The van der Waals surface area contributed by atoms with Gasteiger partial charge in [-0.2, -0.15) is 0 Å². The van der Waals surface area contributed by atoms with Crippen LogP contribution in [0.2, 0.25) is 0 Å². The van der Waals surface area contributed by atoms with Crippen molar-refractivity contribution in [2.24, 2.45) is 5.73 Å². The topological polar surface area (TPSA) is 132 Å². The molecule has 0 bridgehead atoms. The number of carbonyl (C=O) groups is 2. The first-order chi connectivity index (χ1) is 12.1. The van der Waals surface area contributed by atoms with E-state index in [2.05, 4.69) is 15.6 Å². The Labute approximate surface area is 153 Å². The molecule has 1 heterocycles. The lowest BCUT2D eigenvalue weighted by Gasteiger charge is -2.22. The van der Waals surface area contributed by atoms with Crippen LogP contribution in [0, 0.1) is 0 Å². The molecule has 0 radical (unpaired) electrons. The van der Waals surface area contributed by atoms with Crippen LogP contribution >= 0.6 is 0 Å². The zero-order valence-electron chi connectivity index (χ0n) is 15.9. The zero-order valence-corrected chi connectivity index (χ0v) is 15.9. The third-order valence-corrected chi connectivity index (χ3v) is 2.99. The molecule has 0 saturated carbocycles. The number of ether oxygens (including phenoxy) is 1. The largest absolute Gasteiger partial charge is 0.488 e. The number of hydrogen-bond donors (Lipinski definition) is 4. The highest BCUT2D eigenvalue weighted by Gasteiger charge is 2.19. The summed E-state index contributed by atoms with van der Waals surface area (Å²) in [6.45, 7) is 9.44. The summed E-state index contributed by atoms with van der Waals surface area (Å²) in [5, 5.41) is 10.8. The van der Waals surface area contributed by atoms with E-state index in [4.69, 9.17) is 15.9 Å². The van der Waals surface area contributed by atoms with Crippen LogP contribution in [-0.2, 0) is 0 Å². The van der Waals surface area contributed by atoms with Gasteiger partial charge >= 0.3 is 0 Å². The maximum Gasteiger partial charge on any atom is 0.270 e. The van der Waals surface area contributed by atoms with Gasteiger partial charge in [0.2, 0.25) is 0 Å². The molecule has 0 fully saturated rings. The van der Waals surface area contributed by atoms with Crippen LogP contribution in [0.25, 0.3) is 0 Å². The molecular formula is C18H28N5O3+. The molecule has 26 heavy (non-hydrogen) atoms. The first kappa shape index (κ1) is 21.1. The third-order valence-electron chi connectivity index (χ3n) is 2.99. The summed E-state index contributed by atoms with van der Waals surface area (Å²) in [5.41, 5.74) is 5.62. The number of nitrogens with two attached hydrogens (primary N) is 2. The van der Waals surface area contributed by atoms with E-state index in [1.807, 2.05) is 34.6 Å². The number of hydrogen-bond acceptors (Lipinski definition) is 5. The molecule has 0 aliphatic rings. The SMILES string of the molecule is CC(C)NC(=O)c1cc(OC(C)(C)C)cc(C(=O)NC/C(C=[NH2+])=C/N)n1. The molecule has 0 unspecified atom stereocenters. The molecule has 2 amide bonds. The second-order valence-corrected chi connectivity index (χ2v) is 7.01. The van der Waals surface area contributed by atoms with Crippen molar-refractivity contribution in [3.8, 4) is 5.75 Å². The number of rotatable bonds is 7. The standard InChI is InChI=1S/C18H27N5O3/c1-11(2)22-17(25)15-7-13(26-18(3,4)5)6-14(23-15)16(24)21-10-12(8-19)9-20/h6-9,11,19H,10,20H2,1-5H3,(H,21,24)(H,22,25)/p+1/b12-9+,19-8?. The molecule has 142 valence electrons. The molecule has 0 aliphatic heterocycles. The van der Waals surface area contributed by atoms with Crippen molar-refractivity contribution in [2.75, 3.05) is 6.54 Å². The van der Waals surface area contributed by atoms with Gasteiger partial charge in [-0.05, 0) is 34.6 Å². The summed E-state index contributed by atoms with van der Waals surface area (Å²) < 4.78 is 5.80.